The number of nitrogens with one attached hydrogen (secondary N) is 2. The molecule has 0 radical (unpaired) electrons. The highest BCUT2D eigenvalue weighted by atomic mass is 16.6. The van der Waals surface area contributed by atoms with Crippen molar-refractivity contribution in [2.45, 2.75) is 83.3 Å². The number of aromatic amines is 1. The lowest BCUT2D eigenvalue weighted by atomic mass is 9.66. The van der Waals surface area contributed by atoms with Crippen molar-refractivity contribution in [3.05, 3.63) is 71.3 Å². The van der Waals surface area contributed by atoms with Crippen LogP contribution in [0.25, 0.3) is 11.2 Å². The van der Waals surface area contributed by atoms with Crippen LogP contribution >= 0.6 is 0 Å². The second-order valence-electron chi connectivity index (χ2n) is 12.9. The first-order valence-electron chi connectivity index (χ1n) is 14.8. The zero-order chi connectivity index (χ0) is 28.2. The average Bonchev–Trinajstić information content (AvgIpc) is 3.51. The fraction of sp³-hybridized carbons (Fsp3) is 0.469. The van der Waals surface area contributed by atoms with E-state index in [1.54, 1.807) is 0 Å². The van der Waals surface area contributed by atoms with E-state index < -0.39 is 5.60 Å². The van der Waals surface area contributed by atoms with Crippen molar-refractivity contribution in [3.63, 3.8) is 0 Å². The summed E-state index contributed by atoms with van der Waals surface area (Å²) in [4.78, 5) is 29.6. The van der Waals surface area contributed by atoms with Gasteiger partial charge in [-0.2, -0.15) is 5.10 Å². The maximum Gasteiger partial charge on any atom is 0.408 e. The maximum atomic E-state index is 12.9. The van der Waals surface area contributed by atoms with Crippen molar-refractivity contribution in [1.82, 2.24) is 30.5 Å². The van der Waals surface area contributed by atoms with Crippen molar-refractivity contribution in [2.24, 2.45) is 5.41 Å². The largest absolute Gasteiger partial charge is 0.444 e. The Balaban J connectivity index is 1.10. The van der Waals surface area contributed by atoms with Crippen LogP contribution in [0.3, 0.4) is 0 Å². The third-order valence-corrected chi connectivity index (χ3v) is 9.06. The molecule has 4 aromatic rings. The molecule has 0 bridgehead atoms. The van der Waals surface area contributed by atoms with Gasteiger partial charge in [0.1, 0.15) is 5.60 Å². The average molecular weight is 552 g/mol. The number of alkyl carbamates (subject to hydrolysis) is 1. The summed E-state index contributed by atoms with van der Waals surface area (Å²) in [6.07, 6.45) is 10.4. The summed E-state index contributed by atoms with van der Waals surface area (Å²) in [6, 6.07) is 12.5. The van der Waals surface area contributed by atoms with Crippen LogP contribution in [-0.4, -0.2) is 43.4 Å². The predicted molar refractivity (Wildman–Crippen MR) is 157 cm³/mol. The molecule has 1 fully saturated rings. The van der Waals surface area contributed by atoms with Crippen LogP contribution < -0.4 is 10.2 Å². The second kappa shape index (κ2) is 9.82. The molecule has 1 amide bonds. The van der Waals surface area contributed by atoms with Gasteiger partial charge in [0.25, 0.3) is 0 Å². The van der Waals surface area contributed by atoms with Crippen molar-refractivity contribution in [1.29, 1.82) is 0 Å². The van der Waals surface area contributed by atoms with Gasteiger partial charge in [0, 0.05) is 24.9 Å². The monoisotopic (exact) mass is 551 g/mol. The normalized spacial score (nSPS) is 23.8. The summed E-state index contributed by atoms with van der Waals surface area (Å²) in [5, 5.41) is 11.1. The number of benzene rings is 1. The molecule has 1 spiro atoms. The SMILES string of the molecule is CC(C)(C)OC(=O)NC1c2ccccc2CC12CCC(c1cnc3c(N4CCCc5ncccc54)n[nH]c3n1)CC2. The van der Waals surface area contributed by atoms with Crippen LogP contribution in [-0.2, 0) is 17.6 Å². The highest BCUT2D eigenvalue weighted by Crippen LogP contribution is 2.56. The number of aromatic nitrogens is 5. The zero-order valence-electron chi connectivity index (χ0n) is 24.0. The minimum atomic E-state index is -0.537. The van der Waals surface area contributed by atoms with E-state index in [2.05, 4.69) is 55.7 Å². The van der Waals surface area contributed by atoms with Gasteiger partial charge in [-0.05, 0) is 94.4 Å². The first kappa shape index (κ1) is 25.9. The first-order valence-corrected chi connectivity index (χ1v) is 14.8. The summed E-state index contributed by atoms with van der Waals surface area (Å²) in [5.41, 5.74) is 6.72. The second-order valence-corrected chi connectivity index (χ2v) is 12.9. The molecule has 1 atom stereocenters. The number of nitrogens with zero attached hydrogens (tertiary/aromatic N) is 5. The molecule has 41 heavy (non-hydrogen) atoms. The van der Waals surface area contributed by atoms with Crippen molar-refractivity contribution >= 4 is 28.8 Å². The minimum Gasteiger partial charge on any atom is -0.444 e. The summed E-state index contributed by atoms with van der Waals surface area (Å²) >= 11 is 0. The first-order chi connectivity index (χ1) is 19.8. The van der Waals surface area contributed by atoms with Crippen LogP contribution in [0.4, 0.5) is 16.3 Å². The highest BCUT2D eigenvalue weighted by molar-refractivity contribution is 5.86. The molecule has 2 aliphatic carbocycles. The van der Waals surface area contributed by atoms with Gasteiger partial charge in [0.15, 0.2) is 17.0 Å². The molecule has 3 aliphatic rings. The smallest absolute Gasteiger partial charge is 0.408 e. The van der Waals surface area contributed by atoms with Crippen LogP contribution in [0, 0.1) is 5.41 Å². The van der Waals surface area contributed by atoms with E-state index in [0.717, 1.165) is 85.5 Å². The Morgan fingerprint density at radius 3 is 2.78 bits per heavy atom. The van der Waals surface area contributed by atoms with E-state index in [9.17, 15) is 4.79 Å². The number of H-pyrrole nitrogens is 1. The Hall–Kier alpha value is -4.01. The number of anilines is 2. The topological polar surface area (TPSA) is 109 Å². The molecule has 1 aliphatic heterocycles. The van der Waals surface area contributed by atoms with Gasteiger partial charge in [0.2, 0.25) is 0 Å². The number of hydrogen-bond donors (Lipinski definition) is 2. The third-order valence-electron chi connectivity index (χ3n) is 9.06. The van der Waals surface area contributed by atoms with E-state index in [4.69, 9.17) is 14.7 Å². The summed E-state index contributed by atoms with van der Waals surface area (Å²) in [6.45, 7) is 6.59. The van der Waals surface area contributed by atoms with E-state index in [-0.39, 0.29) is 17.6 Å². The van der Waals surface area contributed by atoms with Crippen molar-refractivity contribution in [3.8, 4) is 0 Å². The van der Waals surface area contributed by atoms with Crippen LogP contribution in [0.5, 0.6) is 0 Å². The van der Waals surface area contributed by atoms with Gasteiger partial charge >= 0.3 is 6.09 Å². The number of fused-ring (bicyclic) bond motifs is 3. The molecule has 212 valence electrons. The van der Waals surface area contributed by atoms with Crippen LogP contribution in [0.2, 0.25) is 0 Å². The van der Waals surface area contributed by atoms with Gasteiger partial charge in [0.05, 0.1) is 23.1 Å². The van der Waals surface area contributed by atoms with E-state index in [1.807, 2.05) is 39.2 Å². The van der Waals surface area contributed by atoms with E-state index in [1.165, 1.54) is 11.1 Å². The number of amides is 1. The number of rotatable bonds is 3. The zero-order valence-corrected chi connectivity index (χ0v) is 24.0. The fourth-order valence-corrected chi connectivity index (χ4v) is 7.20. The quantitative estimate of drug-likeness (QED) is 0.308. The van der Waals surface area contributed by atoms with Gasteiger partial charge in [-0.1, -0.05) is 24.3 Å². The minimum absolute atomic E-state index is 0.0224. The number of aryl methyl sites for hydroxylation is 1. The standard InChI is InChI=1S/C32H37N7O2/c1-31(2,3)41-30(40)36-27-22-9-5-4-8-21(22)18-32(27)14-12-20(13-15-32)24-19-34-26-28(35-24)37-38-29(26)39-17-7-10-23-25(39)11-6-16-33-23/h4-6,8-9,11,16,19-20,27H,7,10,12-15,17-18H2,1-3H3,(H,36,40)(H,35,37,38). The molecule has 7 rings (SSSR count). The Kier molecular flexibility index (Phi) is 6.21. The number of carbonyl (C=O) groups excluding carboxylic acids is 1. The van der Waals surface area contributed by atoms with E-state index in [0.29, 0.717) is 5.92 Å². The molecule has 9 nitrogen and oxygen atoms in total. The summed E-state index contributed by atoms with van der Waals surface area (Å²) in [7, 11) is 0. The molecule has 3 aromatic heterocycles. The number of carbonyl (C=O) groups is 1. The van der Waals surface area contributed by atoms with Gasteiger partial charge < -0.3 is 15.0 Å². The highest BCUT2D eigenvalue weighted by Gasteiger charge is 2.49. The Bertz CT molecular complexity index is 1600. The molecule has 1 unspecified atom stereocenters. The molecular weight excluding hydrogens is 514 g/mol. The molecule has 1 saturated carbocycles. The Morgan fingerprint density at radius 1 is 1.12 bits per heavy atom. The number of pyridine rings is 1. The Morgan fingerprint density at radius 2 is 1.95 bits per heavy atom. The van der Waals surface area contributed by atoms with Gasteiger partial charge in [-0.25, -0.2) is 14.8 Å². The summed E-state index contributed by atoms with van der Waals surface area (Å²) < 4.78 is 5.66. The predicted octanol–water partition coefficient (Wildman–Crippen LogP) is 6.30. The molecule has 2 N–H and O–H groups in total. The summed E-state index contributed by atoms with van der Waals surface area (Å²) in [5.74, 6) is 1.13. The van der Waals surface area contributed by atoms with Crippen LogP contribution in [0.15, 0.2) is 48.8 Å². The molecule has 0 saturated heterocycles. The lowest BCUT2D eigenvalue weighted by Crippen LogP contribution is -2.43. The maximum absolute atomic E-state index is 12.9. The van der Waals surface area contributed by atoms with Crippen molar-refractivity contribution in [2.75, 3.05) is 11.4 Å². The lowest BCUT2D eigenvalue weighted by Gasteiger charge is -2.42. The third kappa shape index (κ3) is 4.71. The molecule has 4 heterocycles. The van der Waals surface area contributed by atoms with Gasteiger partial charge in [-0.15, -0.1) is 0 Å². The molecular formula is C32H37N7O2. The van der Waals surface area contributed by atoms with Crippen molar-refractivity contribution < 1.29 is 9.53 Å². The van der Waals surface area contributed by atoms with E-state index >= 15 is 0 Å². The lowest BCUT2D eigenvalue weighted by molar-refractivity contribution is 0.0406. The Labute approximate surface area is 240 Å². The fourth-order valence-electron chi connectivity index (χ4n) is 7.20. The van der Waals surface area contributed by atoms with Gasteiger partial charge in [-0.3, -0.25) is 10.1 Å². The number of hydrogen-bond acceptors (Lipinski definition) is 7. The molecule has 9 heteroatoms. The molecule has 1 aromatic carbocycles. The van der Waals surface area contributed by atoms with Crippen LogP contribution in [0.1, 0.15) is 87.3 Å². The number of ether oxygens (including phenoxy) is 1.